The third-order valence-electron chi connectivity index (χ3n) is 6.61. The van der Waals surface area contributed by atoms with E-state index >= 15 is 0 Å². The number of carbonyl (C=O) groups excluding carboxylic acids is 1. The van der Waals surface area contributed by atoms with Crippen LogP contribution in [0.5, 0.6) is 0 Å². The molecule has 0 radical (unpaired) electrons. The van der Waals surface area contributed by atoms with E-state index in [1.807, 2.05) is 37.4 Å². The van der Waals surface area contributed by atoms with Gasteiger partial charge in [-0.1, -0.05) is 30.3 Å². The maximum absolute atomic E-state index is 13.2. The molecule has 170 valence electrons. The number of carbonyl (C=O) groups is 1. The van der Waals surface area contributed by atoms with Gasteiger partial charge in [0.2, 0.25) is 0 Å². The third kappa shape index (κ3) is 3.87. The minimum absolute atomic E-state index is 0.0469. The molecule has 2 aliphatic carbocycles. The van der Waals surface area contributed by atoms with Crippen LogP contribution in [-0.2, 0) is 19.3 Å². The van der Waals surface area contributed by atoms with Crippen molar-refractivity contribution in [1.29, 1.82) is 0 Å². The molecule has 1 amide bonds. The van der Waals surface area contributed by atoms with Crippen LogP contribution < -0.4 is 5.32 Å². The van der Waals surface area contributed by atoms with Crippen LogP contribution in [0.25, 0.3) is 17.2 Å². The smallest absolute Gasteiger partial charge is 0.255 e. The monoisotopic (exact) mass is 450 g/mol. The van der Waals surface area contributed by atoms with Crippen molar-refractivity contribution in [2.75, 3.05) is 0 Å². The first-order chi connectivity index (χ1) is 16.7. The lowest BCUT2D eigenvalue weighted by atomic mass is 9.90. The SMILES string of the molecule is C[C@@H](Cc1ccccn1)NC(=O)c1cnn(-c2ncc3c(n2)-c2ccccc2CC3)c1C1CC1. The summed E-state index contributed by atoms with van der Waals surface area (Å²) in [6.45, 7) is 2.00. The van der Waals surface area contributed by atoms with E-state index in [0.29, 0.717) is 23.9 Å². The van der Waals surface area contributed by atoms with Crippen molar-refractivity contribution < 1.29 is 4.79 Å². The summed E-state index contributed by atoms with van der Waals surface area (Å²) in [6.07, 6.45) is 10.0. The molecule has 1 aromatic carbocycles. The summed E-state index contributed by atoms with van der Waals surface area (Å²) in [6, 6.07) is 14.2. The molecule has 34 heavy (non-hydrogen) atoms. The van der Waals surface area contributed by atoms with Crippen LogP contribution >= 0.6 is 0 Å². The van der Waals surface area contributed by atoms with E-state index in [0.717, 1.165) is 53.9 Å². The highest BCUT2D eigenvalue weighted by Gasteiger charge is 2.34. The Labute approximate surface area is 198 Å². The number of fused-ring (bicyclic) bond motifs is 3. The summed E-state index contributed by atoms with van der Waals surface area (Å²) in [5.74, 6) is 0.721. The molecular formula is C27H26N6O. The van der Waals surface area contributed by atoms with Crippen LogP contribution in [0, 0.1) is 0 Å². The van der Waals surface area contributed by atoms with Gasteiger partial charge in [0.1, 0.15) is 0 Å². The predicted molar refractivity (Wildman–Crippen MR) is 129 cm³/mol. The summed E-state index contributed by atoms with van der Waals surface area (Å²) in [5.41, 5.74) is 7.07. The molecule has 4 aromatic rings. The average Bonchev–Trinajstić information content (AvgIpc) is 3.61. The fraction of sp³-hybridized carbons (Fsp3) is 0.296. The first-order valence-electron chi connectivity index (χ1n) is 11.9. The zero-order valence-corrected chi connectivity index (χ0v) is 19.1. The lowest BCUT2D eigenvalue weighted by molar-refractivity contribution is 0.0939. The number of hydrogen-bond donors (Lipinski definition) is 1. The molecule has 1 N–H and O–H groups in total. The van der Waals surface area contributed by atoms with E-state index in [4.69, 9.17) is 4.98 Å². The third-order valence-corrected chi connectivity index (χ3v) is 6.61. The lowest BCUT2D eigenvalue weighted by Gasteiger charge is -2.19. The van der Waals surface area contributed by atoms with Gasteiger partial charge in [-0.3, -0.25) is 9.78 Å². The Balaban J connectivity index is 1.30. The highest BCUT2D eigenvalue weighted by atomic mass is 16.1. The molecule has 3 heterocycles. The molecule has 3 aromatic heterocycles. The van der Waals surface area contributed by atoms with E-state index in [9.17, 15) is 4.79 Å². The predicted octanol–water partition coefficient (Wildman–Crippen LogP) is 4.06. The minimum atomic E-state index is -0.111. The van der Waals surface area contributed by atoms with Gasteiger partial charge in [-0.05, 0) is 55.9 Å². The number of rotatable bonds is 6. The van der Waals surface area contributed by atoms with Crippen molar-refractivity contribution >= 4 is 5.91 Å². The van der Waals surface area contributed by atoms with Crippen LogP contribution in [0.4, 0.5) is 0 Å². The number of pyridine rings is 1. The van der Waals surface area contributed by atoms with Gasteiger partial charge in [-0.25, -0.2) is 14.6 Å². The van der Waals surface area contributed by atoms with Gasteiger partial charge in [-0.15, -0.1) is 0 Å². The lowest BCUT2D eigenvalue weighted by Crippen LogP contribution is -2.34. The molecule has 0 unspecified atom stereocenters. The first kappa shape index (κ1) is 20.7. The van der Waals surface area contributed by atoms with Crippen molar-refractivity contribution in [2.24, 2.45) is 0 Å². The fourth-order valence-electron chi connectivity index (χ4n) is 4.78. The normalized spacial score (nSPS) is 15.3. The van der Waals surface area contributed by atoms with Crippen molar-refractivity contribution in [3.63, 3.8) is 0 Å². The second-order valence-corrected chi connectivity index (χ2v) is 9.23. The van der Waals surface area contributed by atoms with E-state index < -0.39 is 0 Å². The highest BCUT2D eigenvalue weighted by molar-refractivity contribution is 5.95. The Bertz CT molecular complexity index is 1360. The quantitative estimate of drug-likeness (QED) is 0.479. The van der Waals surface area contributed by atoms with Crippen LogP contribution in [-0.4, -0.2) is 36.7 Å². The van der Waals surface area contributed by atoms with Gasteiger partial charge < -0.3 is 5.32 Å². The van der Waals surface area contributed by atoms with E-state index in [2.05, 4.69) is 38.6 Å². The van der Waals surface area contributed by atoms with Crippen LogP contribution in [0.2, 0.25) is 0 Å². The number of hydrogen-bond acceptors (Lipinski definition) is 5. The Morgan fingerprint density at radius 3 is 2.71 bits per heavy atom. The van der Waals surface area contributed by atoms with Crippen molar-refractivity contribution in [3.8, 4) is 17.2 Å². The van der Waals surface area contributed by atoms with E-state index in [1.165, 1.54) is 5.56 Å². The summed E-state index contributed by atoms with van der Waals surface area (Å²) >= 11 is 0. The Kier molecular flexibility index (Phi) is 5.17. The van der Waals surface area contributed by atoms with Crippen LogP contribution in [0.3, 0.4) is 0 Å². The number of aromatic nitrogens is 5. The van der Waals surface area contributed by atoms with Gasteiger partial charge in [0, 0.05) is 42.0 Å². The van der Waals surface area contributed by atoms with Gasteiger partial charge in [0.05, 0.1) is 23.1 Å². The van der Waals surface area contributed by atoms with E-state index in [1.54, 1.807) is 17.1 Å². The number of aryl methyl sites for hydroxylation is 2. The zero-order valence-electron chi connectivity index (χ0n) is 19.1. The number of nitrogens with one attached hydrogen (secondary N) is 1. The van der Waals surface area contributed by atoms with Crippen LogP contribution in [0.1, 0.15) is 58.6 Å². The molecule has 0 aliphatic heterocycles. The van der Waals surface area contributed by atoms with Gasteiger partial charge in [-0.2, -0.15) is 5.10 Å². The van der Waals surface area contributed by atoms with Crippen molar-refractivity contribution in [2.45, 2.75) is 51.0 Å². The molecule has 7 heteroatoms. The topological polar surface area (TPSA) is 85.6 Å². The molecule has 0 bridgehead atoms. The molecule has 1 saturated carbocycles. The second kappa shape index (κ2) is 8.48. The summed E-state index contributed by atoms with van der Waals surface area (Å²) in [7, 11) is 0. The maximum atomic E-state index is 13.2. The molecule has 1 fully saturated rings. The Morgan fingerprint density at radius 2 is 1.88 bits per heavy atom. The molecule has 2 aliphatic rings. The largest absolute Gasteiger partial charge is 0.349 e. The number of benzene rings is 1. The average molecular weight is 451 g/mol. The standard InChI is InChI=1S/C27H26N6O/c1-17(14-21-7-4-5-13-28-21)31-26(34)23-16-30-33(25(23)19-10-11-19)27-29-15-20-12-9-18-6-2-3-8-22(18)24(20)32-27/h2-8,13,15-17,19H,9-12,14H2,1H3,(H,31,34)/t17-/m0/s1. The first-order valence-corrected chi connectivity index (χ1v) is 11.9. The highest BCUT2D eigenvalue weighted by Crippen LogP contribution is 2.42. The van der Waals surface area contributed by atoms with Gasteiger partial charge >= 0.3 is 0 Å². The molecule has 0 saturated heterocycles. The Hall–Kier alpha value is -3.87. The van der Waals surface area contributed by atoms with Gasteiger partial charge in [0.25, 0.3) is 11.9 Å². The number of nitrogens with zero attached hydrogens (tertiary/aromatic N) is 5. The molecule has 6 rings (SSSR count). The van der Waals surface area contributed by atoms with Crippen molar-refractivity contribution in [1.82, 2.24) is 30.0 Å². The molecule has 1 atom stereocenters. The van der Waals surface area contributed by atoms with Gasteiger partial charge in [0.15, 0.2) is 0 Å². The second-order valence-electron chi connectivity index (χ2n) is 9.23. The molecular weight excluding hydrogens is 424 g/mol. The minimum Gasteiger partial charge on any atom is -0.349 e. The maximum Gasteiger partial charge on any atom is 0.255 e. The zero-order chi connectivity index (χ0) is 23.1. The van der Waals surface area contributed by atoms with Crippen LogP contribution in [0.15, 0.2) is 61.1 Å². The summed E-state index contributed by atoms with van der Waals surface area (Å²) in [4.78, 5) is 27.2. The fourth-order valence-corrected chi connectivity index (χ4v) is 4.78. The Morgan fingerprint density at radius 1 is 1.06 bits per heavy atom. The summed E-state index contributed by atoms with van der Waals surface area (Å²) < 4.78 is 1.77. The molecule has 7 nitrogen and oxygen atoms in total. The van der Waals surface area contributed by atoms with E-state index in [-0.39, 0.29) is 11.9 Å². The summed E-state index contributed by atoms with van der Waals surface area (Å²) in [5, 5.41) is 7.71. The molecule has 0 spiro atoms. The van der Waals surface area contributed by atoms with Crippen molar-refractivity contribution in [3.05, 3.63) is 89.1 Å². The number of amides is 1.